The summed E-state index contributed by atoms with van der Waals surface area (Å²) in [5.41, 5.74) is 2.14. The Bertz CT molecular complexity index is 862. The minimum atomic E-state index is -0.148. The zero-order valence-corrected chi connectivity index (χ0v) is 13.9. The van der Waals surface area contributed by atoms with Crippen LogP contribution in [0.15, 0.2) is 29.1 Å². The third-order valence-corrected chi connectivity index (χ3v) is 4.65. The minimum Gasteiger partial charge on any atom is -0.487 e. The molecule has 0 bridgehead atoms. The van der Waals surface area contributed by atoms with E-state index in [1.54, 1.807) is 0 Å². The summed E-state index contributed by atoms with van der Waals surface area (Å²) < 4.78 is 5.79. The first-order valence-corrected chi connectivity index (χ1v) is 8.55. The maximum absolute atomic E-state index is 12.5. The Labute approximate surface area is 145 Å². The Hall–Kier alpha value is -2.83. The van der Waals surface area contributed by atoms with E-state index in [2.05, 4.69) is 15.3 Å². The number of benzene rings is 1. The normalized spacial score (nSPS) is 16.0. The molecule has 1 amide bonds. The number of amides is 1. The number of hydrogen-bond acceptors (Lipinski definition) is 5. The lowest BCUT2D eigenvalue weighted by atomic mass is 10.1. The van der Waals surface area contributed by atoms with Crippen LogP contribution in [0.1, 0.15) is 29.7 Å². The van der Waals surface area contributed by atoms with Gasteiger partial charge in [0, 0.05) is 38.0 Å². The highest BCUT2D eigenvalue weighted by atomic mass is 16.5. The molecule has 1 aromatic heterocycles. The summed E-state index contributed by atoms with van der Waals surface area (Å²) in [6.45, 7) is 2.24. The Morgan fingerprint density at radius 1 is 1.28 bits per heavy atom. The summed E-state index contributed by atoms with van der Waals surface area (Å²) in [5, 5.41) is 3.11. The van der Waals surface area contributed by atoms with E-state index in [-0.39, 0.29) is 18.1 Å². The van der Waals surface area contributed by atoms with E-state index in [9.17, 15) is 9.59 Å². The fourth-order valence-electron chi connectivity index (χ4n) is 3.31. The Balaban J connectivity index is 1.48. The molecule has 0 aliphatic carbocycles. The molecule has 1 aromatic carbocycles. The van der Waals surface area contributed by atoms with Gasteiger partial charge in [0.15, 0.2) is 0 Å². The van der Waals surface area contributed by atoms with Crippen molar-refractivity contribution in [2.24, 2.45) is 0 Å². The first-order valence-electron chi connectivity index (χ1n) is 8.55. The molecule has 0 radical (unpaired) electrons. The molecule has 2 N–H and O–H groups in total. The van der Waals surface area contributed by atoms with Gasteiger partial charge in [-0.25, -0.2) is 4.98 Å². The number of rotatable bonds is 4. The fourth-order valence-corrected chi connectivity index (χ4v) is 3.31. The zero-order chi connectivity index (χ0) is 17.2. The number of nitrogens with one attached hydrogen (secondary N) is 2. The molecule has 1 saturated heterocycles. The molecule has 0 saturated carbocycles. The van der Waals surface area contributed by atoms with Crippen LogP contribution in [0.25, 0.3) is 0 Å². The van der Waals surface area contributed by atoms with Crippen LogP contribution < -0.4 is 15.6 Å². The highest BCUT2D eigenvalue weighted by molar-refractivity contribution is 5.78. The van der Waals surface area contributed by atoms with Crippen molar-refractivity contribution in [2.45, 2.75) is 25.9 Å². The largest absolute Gasteiger partial charge is 0.487 e. The molecule has 130 valence electrons. The average Bonchev–Trinajstić information content (AvgIpc) is 2.91. The Morgan fingerprint density at radius 3 is 3.00 bits per heavy atom. The molecule has 25 heavy (non-hydrogen) atoms. The van der Waals surface area contributed by atoms with E-state index in [0.29, 0.717) is 43.1 Å². The number of ether oxygens (including phenoxy) is 1. The fraction of sp³-hybridized carbons (Fsp3) is 0.389. The molecular weight excluding hydrogens is 320 g/mol. The number of fused-ring (bicyclic) bond motifs is 2. The summed E-state index contributed by atoms with van der Waals surface area (Å²) in [6.07, 6.45) is 2.06. The molecular formula is C18H20N4O3. The van der Waals surface area contributed by atoms with Gasteiger partial charge in [0.2, 0.25) is 11.9 Å². The van der Waals surface area contributed by atoms with E-state index in [1.807, 2.05) is 29.2 Å². The van der Waals surface area contributed by atoms with Gasteiger partial charge >= 0.3 is 0 Å². The van der Waals surface area contributed by atoms with E-state index >= 15 is 0 Å². The third-order valence-electron chi connectivity index (χ3n) is 4.65. The monoisotopic (exact) mass is 340 g/mol. The molecule has 7 heteroatoms. The SMILES string of the molecule is O=C1CCCN1CCNc1nc2c(c(=O)[nH]1)Cc1ccccc1OC2. The third kappa shape index (κ3) is 3.22. The van der Waals surface area contributed by atoms with Crippen molar-refractivity contribution in [3.8, 4) is 5.75 Å². The van der Waals surface area contributed by atoms with E-state index in [4.69, 9.17) is 4.74 Å². The summed E-state index contributed by atoms with van der Waals surface area (Å²) >= 11 is 0. The van der Waals surface area contributed by atoms with Crippen LogP contribution in [-0.2, 0) is 17.8 Å². The van der Waals surface area contributed by atoms with Gasteiger partial charge in [-0.2, -0.15) is 0 Å². The molecule has 3 heterocycles. The second kappa shape index (κ2) is 6.58. The first kappa shape index (κ1) is 15.7. The number of aromatic amines is 1. The first-order chi connectivity index (χ1) is 12.2. The van der Waals surface area contributed by atoms with Gasteiger partial charge in [-0.3, -0.25) is 14.6 Å². The van der Waals surface area contributed by atoms with Gasteiger partial charge in [-0.05, 0) is 18.1 Å². The van der Waals surface area contributed by atoms with Gasteiger partial charge in [0.1, 0.15) is 12.4 Å². The summed E-state index contributed by atoms with van der Waals surface area (Å²) in [5.74, 6) is 1.41. The zero-order valence-electron chi connectivity index (χ0n) is 13.9. The molecule has 2 aromatic rings. The van der Waals surface area contributed by atoms with Crippen LogP contribution >= 0.6 is 0 Å². The van der Waals surface area contributed by atoms with Gasteiger partial charge in [-0.1, -0.05) is 18.2 Å². The quantitative estimate of drug-likeness (QED) is 0.876. The lowest BCUT2D eigenvalue weighted by molar-refractivity contribution is -0.127. The Morgan fingerprint density at radius 2 is 2.16 bits per heavy atom. The van der Waals surface area contributed by atoms with Crippen LogP contribution in [0.3, 0.4) is 0 Å². The van der Waals surface area contributed by atoms with Crippen LogP contribution in [0.4, 0.5) is 5.95 Å². The average molecular weight is 340 g/mol. The lowest BCUT2D eigenvalue weighted by Crippen LogP contribution is -2.31. The van der Waals surface area contributed by atoms with Crippen LogP contribution in [0, 0.1) is 0 Å². The molecule has 7 nitrogen and oxygen atoms in total. The molecule has 4 rings (SSSR count). The lowest BCUT2D eigenvalue weighted by Gasteiger charge is -2.16. The van der Waals surface area contributed by atoms with E-state index in [0.717, 1.165) is 24.3 Å². The molecule has 0 atom stereocenters. The molecule has 0 spiro atoms. The van der Waals surface area contributed by atoms with Crippen molar-refractivity contribution in [3.05, 3.63) is 51.4 Å². The van der Waals surface area contributed by atoms with Crippen molar-refractivity contribution >= 4 is 11.9 Å². The Kier molecular flexibility index (Phi) is 4.13. The number of para-hydroxylation sites is 1. The molecule has 1 fully saturated rings. The van der Waals surface area contributed by atoms with Crippen molar-refractivity contribution < 1.29 is 9.53 Å². The predicted octanol–water partition coefficient (Wildman–Crippen LogP) is 1.29. The van der Waals surface area contributed by atoms with Crippen molar-refractivity contribution in [3.63, 3.8) is 0 Å². The molecule has 0 unspecified atom stereocenters. The van der Waals surface area contributed by atoms with Gasteiger partial charge < -0.3 is 15.0 Å². The number of nitrogens with zero attached hydrogens (tertiary/aromatic N) is 2. The highest BCUT2D eigenvalue weighted by Gasteiger charge is 2.20. The predicted molar refractivity (Wildman–Crippen MR) is 92.7 cm³/mol. The van der Waals surface area contributed by atoms with Gasteiger partial charge in [-0.15, -0.1) is 0 Å². The number of H-pyrrole nitrogens is 1. The molecule has 2 aliphatic heterocycles. The second-order valence-corrected chi connectivity index (χ2v) is 6.32. The number of carbonyl (C=O) groups excluding carboxylic acids is 1. The summed E-state index contributed by atoms with van der Waals surface area (Å²) in [4.78, 5) is 33.2. The van der Waals surface area contributed by atoms with Crippen molar-refractivity contribution in [2.75, 3.05) is 25.0 Å². The number of hydrogen-bond donors (Lipinski definition) is 2. The molecule has 2 aliphatic rings. The second-order valence-electron chi connectivity index (χ2n) is 6.32. The van der Waals surface area contributed by atoms with Gasteiger partial charge in [0.25, 0.3) is 5.56 Å². The van der Waals surface area contributed by atoms with Gasteiger partial charge in [0.05, 0.1) is 5.69 Å². The van der Waals surface area contributed by atoms with E-state index in [1.165, 1.54) is 0 Å². The number of anilines is 1. The van der Waals surface area contributed by atoms with Crippen LogP contribution in [-0.4, -0.2) is 40.4 Å². The highest BCUT2D eigenvalue weighted by Crippen LogP contribution is 2.25. The van der Waals surface area contributed by atoms with Crippen LogP contribution in [0.5, 0.6) is 5.75 Å². The number of likely N-dealkylation sites (tertiary alicyclic amines) is 1. The van der Waals surface area contributed by atoms with E-state index < -0.39 is 0 Å². The summed E-state index contributed by atoms with van der Waals surface area (Å²) in [7, 11) is 0. The smallest absolute Gasteiger partial charge is 0.256 e. The van der Waals surface area contributed by atoms with Crippen molar-refractivity contribution in [1.82, 2.24) is 14.9 Å². The number of aromatic nitrogens is 2. The maximum atomic E-state index is 12.5. The standard InChI is InChI=1S/C18H20N4O3/c23-16-6-3-8-22(16)9-7-19-18-20-14-11-25-15-5-2-1-4-12(15)10-13(14)17(24)21-18/h1-2,4-5H,3,6-11H2,(H2,19,20,21,24). The number of carbonyl (C=O) groups is 1. The summed E-state index contributed by atoms with van der Waals surface area (Å²) in [6, 6.07) is 7.72. The minimum absolute atomic E-state index is 0.148. The van der Waals surface area contributed by atoms with Crippen LogP contribution in [0.2, 0.25) is 0 Å². The van der Waals surface area contributed by atoms with Crippen molar-refractivity contribution in [1.29, 1.82) is 0 Å². The topological polar surface area (TPSA) is 87.3 Å². The maximum Gasteiger partial charge on any atom is 0.256 e.